The fraction of sp³-hybridized carbons (Fsp3) is 0.176. The number of hydrogen-bond donors (Lipinski definition) is 2. The number of amides is 2. The lowest BCUT2D eigenvalue weighted by atomic mass is 10.1. The maximum atomic E-state index is 12.3. The molecule has 2 heterocycles. The molecular formula is C17H16N2O3S. The highest BCUT2D eigenvalue weighted by atomic mass is 32.1. The second-order valence-corrected chi connectivity index (χ2v) is 6.14. The molecule has 1 aromatic carbocycles. The Morgan fingerprint density at radius 1 is 1.13 bits per heavy atom. The van der Waals surface area contributed by atoms with Crippen molar-refractivity contribution in [2.45, 2.75) is 13.5 Å². The predicted molar refractivity (Wildman–Crippen MR) is 89.4 cm³/mol. The first-order valence-corrected chi connectivity index (χ1v) is 8.02. The predicted octanol–water partition coefficient (Wildman–Crippen LogP) is 2.85. The maximum Gasteiger partial charge on any atom is 0.262 e. The van der Waals surface area contributed by atoms with Crippen molar-refractivity contribution in [3.63, 3.8) is 0 Å². The summed E-state index contributed by atoms with van der Waals surface area (Å²) in [7, 11) is 0. The Morgan fingerprint density at radius 3 is 2.70 bits per heavy atom. The van der Waals surface area contributed by atoms with Crippen LogP contribution in [0.4, 0.5) is 0 Å². The van der Waals surface area contributed by atoms with Crippen LogP contribution in [-0.2, 0) is 11.3 Å². The molecule has 0 saturated heterocycles. The van der Waals surface area contributed by atoms with Crippen molar-refractivity contribution in [3.8, 4) is 0 Å². The van der Waals surface area contributed by atoms with Gasteiger partial charge in [-0.1, -0.05) is 18.2 Å². The molecule has 0 spiro atoms. The largest absolute Gasteiger partial charge is 0.467 e. The fourth-order valence-corrected chi connectivity index (χ4v) is 3.42. The molecule has 2 N–H and O–H groups in total. The lowest BCUT2D eigenvalue weighted by molar-refractivity contribution is -0.120. The average Bonchev–Trinajstić information content (AvgIpc) is 3.19. The average molecular weight is 328 g/mol. The van der Waals surface area contributed by atoms with Gasteiger partial charge >= 0.3 is 0 Å². The van der Waals surface area contributed by atoms with Crippen molar-refractivity contribution in [3.05, 3.63) is 58.9 Å². The Kier molecular flexibility index (Phi) is 4.43. The van der Waals surface area contributed by atoms with Gasteiger partial charge in [0.2, 0.25) is 5.91 Å². The third-order valence-electron chi connectivity index (χ3n) is 3.50. The summed E-state index contributed by atoms with van der Waals surface area (Å²) in [6.07, 6.45) is 1.55. The third-order valence-corrected chi connectivity index (χ3v) is 4.77. The highest BCUT2D eigenvalue weighted by Gasteiger charge is 2.15. The van der Waals surface area contributed by atoms with Crippen LogP contribution in [0.5, 0.6) is 0 Å². The zero-order valence-corrected chi connectivity index (χ0v) is 13.4. The highest BCUT2D eigenvalue weighted by Crippen LogP contribution is 2.30. The maximum absolute atomic E-state index is 12.3. The van der Waals surface area contributed by atoms with Crippen molar-refractivity contribution in [2.75, 3.05) is 6.54 Å². The Hall–Kier alpha value is -2.60. The summed E-state index contributed by atoms with van der Waals surface area (Å²) in [6.45, 7) is 2.17. The molecule has 0 aliphatic rings. The second kappa shape index (κ2) is 6.66. The van der Waals surface area contributed by atoms with E-state index in [0.717, 1.165) is 15.6 Å². The molecule has 2 aromatic heterocycles. The quantitative estimate of drug-likeness (QED) is 0.756. The molecule has 0 bridgehead atoms. The zero-order valence-electron chi connectivity index (χ0n) is 12.6. The van der Waals surface area contributed by atoms with Crippen LogP contribution in [0.3, 0.4) is 0 Å². The van der Waals surface area contributed by atoms with Gasteiger partial charge in [0.15, 0.2) is 0 Å². The summed E-state index contributed by atoms with van der Waals surface area (Å²) in [5.41, 5.74) is 0.944. The van der Waals surface area contributed by atoms with Crippen LogP contribution in [0, 0.1) is 6.92 Å². The summed E-state index contributed by atoms with van der Waals surface area (Å²) >= 11 is 1.44. The minimum Gasteiger partial charge on any atom is -0.467 e. The molecule has 5 nitrogen and oxygen atoms in total. The van der Waals surface area contributed by atoms with E-state index in [4.69, 9.17) is 4.42 Å². The third kappa shape index (κ3) is 3.43. The minimum atomic E-state index is -0.256. The number of fused-ring (bicyclic) bond motifs is 1. The molecule has 0 atom stereocenters. The second-order valence-electron chi connectivity index (χ2n) is 5.09. The molecule has 3 rings (SSSR count). The van der Waals surface area contributed by atoms with Crippen molar-refractivity contribution >= 4 is 33.2 Å². The zero-order chi connectivity index (χ0) is 16.2. The molecular weight excluding hydrogens is 312 g/mol. The Bertz CT molecular complexity index is 837. The van der Waals surface area contributed by atoms with Crippen LogP contribution >= 0.6 is 11.3 Å². The van der Waals surface area contributed by atoms with E-state index in [9.17, 15) is 9.59 Å². The van der Waals surface area contributed by atoms with Crippen LogP contribution < -0.4 is 10.6 Å². The number of carbonyl (C=O) groups excluding carboxylic acids is 2. The fourth-order valence-electron chi connectivity index (χ4n) is 2.29. The summed E-state index contributed by atoms with van der Waals surface area (Å²) < 4.78 is 6.19. The first-order valence-electron chi connectivity index (χ1n) is 7.20. The van der Waals surface area contributed by atoms with E-state index in [1.807, 2.05) is 31.2 Å². The van der Waals surface area contributed by atoms with E-state index in [1.165, 1.54) is 11.3 Å². The van der Waals surface area contributed by atoms with E-state index < -0.39 is 0 Å². The molecule has 0 radical (unpaired) electrons. The topological polar surface area (TPSA) is 71.3 Å². The van der Waals surface area contributed by atoms with Crippen molar-refractivity contribution < 1.29 is 14.0 Å². The molecule has 0 fully saturated rings. The van der Waals surface area contributed by atoms with Gasteiger partial charge in [-0.05, 0) is 36.1 Å². The van der Waals surface area contributed by atoms with E-state index in [-0.39, 0.29) is 18.4 Å². The van der Waals surface area contributed by atoms with Gasteiger partial charge in [-0.15, -0.1) is 11.3 Å². The van der Waals surface area contributed by atoms with Crippen LogP contribution in [-0.4, -0.2) is 18.4 Å². The van der Waals surface area contributed by atoms with E-state index in [1.54, 1.807) is 18.4 Å². The van der Waals surface area contributed by atoms with Crippen LogP contribution in [0.15, 0.2) is 47.1 Å². The van der Waals surface area contributed by atoms with Gasteiger partial charge in [-0.3, -0.25) is 9.59 Å². The number of furan rings is 1. The molecule has 23 heavy (non-hydrogen) atoms. The highest BCUT2D eigenvalue weighted by molar-refractivity contribution is 7.21. The number of thiophene rings is 1. The lowest BCUT2D eigenvalue weighted by Crippen LogP contribution is -2.36. The van der Waals surface area contributed by atoms with Gasteiger partial charge in [0.1, 0.15) is 5.76 Å². The molecule has 0 saturated carbocycles. The first-order chi connectivity index (χ1) is 11.1. The molecule has 0 aliphatic carbocycles. The first kappa shape index (κ1) is 15.3. The van der Waals surface area contributed by atoms with Gasteiger partial charge in [-0.25, -0.2) is 0 Å². The summed E-state index contributed by atoms with van der Waals surface area (Å²) in [6, 6.07) is 11.4. The number of nitrogens with one attached hydrogen (secondary N) is 2. The minimum absolute atomic E-state index is 0.0623. The molecule has 3 aromatic rings. The molecule has 2 amide bonds. The van der Waals surface area contributed by atoms with E-state index in [0.29, 0.717) is 17.2 Å². The normalized spacial score (nSPS) is 10.7. The van der Waals surface area contributed by atoms with Gasteiger partial charge < -0.3 is 15.1 Å². The van der Waals surface area contributed by atoms with Crippen molar-refractivity contribution in [1.29, 1.82) is 0 Å². The van der Waals surface area contributed by atoms with Crippen molar-refractivity contribution in [1.82, 2.24) is 10.6 Å². The Balaban J connectivity index is 1.58. The monoisotopic (exact) mass is 328 g/mol. The van der Waals surface area contributed by atoms with Gasteiger partial charge in [0, 0.05) is 4.70 Å². The van der Waals surface area contributed by atoms with Crippen LogP contribution in [0.2, 0.25) is 0 Å². The lowest BCUT2D eigenvalue weighted by Gasteiger charge is -2.05. The summed E-state index contributed by atoms with van der Waals surface area (Å²) in [5, 5.41) is 6.42. The summed E-state index contributed by atoms with van der Waals surface area (Å²) in [4.78, 5) is 24.7. The molecule has 118 valence electrons. The summed E-state index contributed by atoms with van der Waals surface area (Å²) in [5.74, 6) is 0.190. The van der Waals surface area contributed by atoms with E-state index in [2.05, 4.69) is 10.6 Å². The number of hydrogen-bond acceptors (Lipinski definition) is 4. The number of benzene rings is 1. The number of carbonyl (C=O) groups is 2. The number of rotatable bonds is 5. The Labute approximate surface area is 137 Å². The SMILES string of the molecule is Cc1c(C(=O)NCC(=O)NCc2ccco2)sc2ccccc12. The van der Waals surface area contributed by atoms with Gasteiger partial charge in [0.05, 0.1) is 24.2 Å². The van der Waals surface area contributed by atoms with E-state index >= 15 is 0 Å². The van der Waals surface area contributed by atoms with Gasteiger partial charge in [0.25, 0.3) is 5.91 Å². The van der Waals surface area contributed by atoms with Crippen LogP contribution in [0.1, 0.15) is 21.0 Å². The smallest absolute Gasteiger partial charge is 0.262 e. The molecule has 6 heteroatoms. The Morgan fingerprint density at radius 2 is 1.96 bits per heavy atom. The van der Waals surface area contributed by atoms with Gasteiger partial charge in [-0.2, -0.15) is 0 Å². The standard InChI is InChI=1S/C17H16N2O3S/c1-11-13-6-2-3-7-14(13)23-16(11)17(21)19-10-15(20)18-9-12-5-4-8-22-12/h2-8H,9-10H2,1H3,(H,18,20)(H,19,21). The van der Waals surface area contributed by atoms with Crippen LogP contribution in [0.25, 0.3) is 10.1 Å². The molecule has 0 unspecified atom stereocenters. The number of aryl methyl sites for hydroxylation is 1. The van der Waals surface area contributed by atoms with Crippen molar-refractivity contribution in [2.24, 2.45) is 0 Å². The molecule has 0 aliphatic heterocycles.